The highest BCUT2D eigenvalue weighted by molar-refractivity contribution is 8.18. The van der Waals surface area contributed by atoms with Crippen LogP contribution in [0.2, 0.25) is 0 Å². The van der Waals surface area contributed by atoms with Crippen LogP contribution in [0.1, 0.15) is 49.3 Å². The second-order valence-electron chi connectivity index (χ2n) is 8.66. The van der Waals surface area contributed by atoms with E-state index in [1.165, 1.54) is 23.4 Å². The van der Waals surface area contributed by atoms with E-state index in [4.69, 9.17) is 4.74 Å². The van der Waals surface area contributed by atoms with Crippen molar-refractivity contribution in [3.05, 3.63) is 64.1 Å². The van der Waals surface area contributed by atoms with Crippen molar-refractivity contribution in [1.82, 2.24) is 4.90 Å². The quantitative estimate of drug-likeness (QED) is 0.497. The number of amides is 2. The molecule has 0 N–H and O–H groups in total. The van der Waals surface area contributed by atoms with Gasteiger partial charge in [0.2, 0.25) is 0 Å². The maximum Gasteiger partial charge on any atom is 0.293 e. The molecule has 2 aromatic carbocycles. The third-order valence-corrected chi connectivity index (χ3v) is 6.81. The van der Waals surface area contributed by atoms with Crippen molar-refractivity contribution in [1.29, 1.82) is 0 Å². The third-order valence-electron chi connectivity index (χ3n) is 5.90. The Hall–Kier alpha value is -2.73. The maximum atomic E-state index is 12.8. The van der Waals surface area contributed by atoms with Gasteiger partial charge in [-0.1, -0.05) is 38.1 Å². The summed E-state index contributed by atoms with van der Waals surface area (Å²) >= 11 is 0.995. The molecule has 0 saturated carbocycles. The van der Waals surface area contributed by atoms with Gasteiger partial charge in [-0.3, -0.25) is 14.5 Å². The van der Waals surface area contributed by atoms with Gasteiger partial charge in [-0.25, -0.2) is 0 Å². The highest BCUT2D eigenvalue weighted by atomic mass is 32.2. The monoisotopic (exact) mass is 450 g/mol. The molecule has 4 rings (SSSR count). The lowest BCUT2D eigenvalue weighted by atomic mass is 10.0. The Bertz CT molecular complexity index is 1020. The van der Waals surface area contributed by atoms with Gasteiger partial charge in [0.1, 0.15) is 12.4 Å². The molecule has 2 heterocycles. The fourth-order valence-corrected chi connectivity index (χ4v) is 4.96. The van der Waals surface area contributed by atoms with Crippen LogP contribution in [0, 0.1) is 6.92 Å². The fourth-order valence-electron chi connectivity index (χ4n) is 4.09. The molecule has 5 nitrogen and oxygen atoms in total. The van der Waals surface area contributed by atoms with E-state index in [-0.39, 0.29) is 24.3 Å². The number of carbonyl (C=O) groups is 2. The molecule has 0 aliphatic carbocycles. The Morgan fingerprint density at radius 3 is 2.47 bits per heavy atom. The molecule has 2 fully saturated rings. The Morgan fingerprint density at radius 2 is 1.78 bits per heavy atom. The summed E-state index contributed by atoms with van der Waals surface area (Å²) in [5, 5.41) is -0.244. The molecule has 0 atom stereocenters. The standard InChI is InChI=1S/C26H30N2O3S/c1-18(2)22-11-6-19(3)16-23(22)31-15-14-28-25(29)24(32-26(28)30)17-20-7-9-21(10-8-20)27-12-4-5-13-27/h6-11,16-18H,4-5,12-15H2,1-3H3/b24-17-. The van der Waals surface area contributed by atoms with Crippen molar-refractivity contribution in [2.45, 2.75) is 39.5 Å². The van der Waals surface area contributed by atoms with Crippen LogP contribution in [0.5, 0.6) is 5.75 Å². The molecule has 0 aromatic heterocycles. The lowest BCUT2D eigenvalue weighted by Crippen LogP contribution is -2.32. The molecule has 0 radical (unpaired) electrons. The normalized spacial score (nSPS) is 17.8. The SMILES string of the molecule is Cc1ccc(C(C)C)c(OCCN2C(=O)S/C(=C\c3ccc(N4CCCC4)cc3)C2=O)c1. The van der Waals surface area contributed by atoms with E-state index in [1.807, 2.05) is 25.1 Å². The molecular formula is C26H30N2O3S. The molecule has 0 bridgehead atoms. The molecule has 2 amide bonds. The van der Waals surface area contributed by atoms with E-state index in [0.717, 1.165) is 47.3 Å². The summed E-state index contributed by atoms with van der Waals surface area (Å²) in [7, 11) is 0. The number of carbonyl (C=O) groups excluding carboxylic acids is 2. The second kappa shape index (κ2) is 9.82. The second-order valence-corrected chi connectivity index (χ2v) is 9.66. The van der Waals surface area contributed by atoms with Crippen LogP contribution in [-0.2, 0) is 4.79 Å². The largest absolute Gasteiger partial charge is 0.491 e. The van der Waals surface area contributed by atoms with Crippen LogP contribution in [0.25, 0.3) is 6.08 Å². The molecule has 0 unspecified atom stereocenters. The Labute approximate surface area is 194 Å². The fraction of sp³-hybridized carbons (Fsp3) is 0.385. The van der Waals surface area contributed by atoms with Crippen LogP contribution in [0.3, 0.4) is 0 Å². The van der Waals surface area contributed by atoms with Crippen molar-refractivity contribution in [2.24, 2.45) is 0 Å². The zero-order chi connectivity index (χ0) is 22.7. The predicted octanol–water partition coefficient (Wildman–Crippen LogP) is 5.83. The minimum atomic E-state index is -0.249. The molecular weight excluding hydrogens is 420 g/mol. The number of anilines is 1. The van der Waals surface area contributed by atoms with Crippen molar-refractivity contribution in [3.63, 3.8) is 0 Å². The first-order chi connectivity index (χ1) is 15.4. The molecule has 168 valence electrons. The van der Waals surface area contributed by atoms with Gasteiger partial charge >= 0.3 is 0 Å². The van der Waals surface area contributed by atoms with Gasteiger partial charge in [0.15, 0.2) is 0 Å². The highest BCUT2D eigenvalue weighted by Crippen LogP contribution is 2.33. The van der Waals surface area contributed by atoms with Gasteiger partial charge in [0, 0.05) is 18.8 Å². The molecule has 2 aromatic rings. The predicted molar refractivity (Wildman–Crippen MR) is 131 cm³/mol. The molecule has 0 spiro atoms. The Morgan fingerprint density at radius 1 is 1.06 bits per heavy atom. The molecule has 2 aliphatic rings. The lowest BCUT2D eigenvalue weighted by molar-refractivity contribution is -0.123. The molecule has 32 heavy (non-hydrogen) atoms. The maximum absolute atomic E-state index is 12.8. The van der Waals surface area contributed by atoms with Gasteiger partial charge in [0.25, 0.3) is 11.1 Å². The van der Waals surface area contributed by atoms with E-state index >= 15 is 0 Å². The van der Waals surface area contributed by atoms with Gasteiger partial charge in [-0.2, -0.15) is 0 Å². The first-order valence-electron chi connectivity index (χ1n) is 11.3. The average Bonchev–Trinajstić information content (AvgIpc) is 3.39. The minimum absolute atomic E-state index is 0.237. The summed E-state index contributed by atoms with van der Waals surface area (Å²) in [6.07, 6.45) is 4.28. The minimum Gasteiger partial charge on any atom is -0.491 e. The summed E-state index contributed by atoms with van der Waals surface area (Å²) in [6, 6.07) is 14.3. The number of nitrogens with zero attached hydrogens (tertiary/aromatic N) is 2. The van der Waals surface area contributed by atoms with Crippen LogP contribution >= 0.6 is 11.8 Å². The van der Waals surface area contributed by atoms with E-state index in [0.29, 0.717) is 10.8 Å². The topological polar surface area (TPSA) is 49.9 Å². The molecule has 2 aliphatic heterocycles. The molecule has 6 heteroatoms. The number of ether oxygens (including phenoxy) is 1. The summed E-state index contributed by atoms with van der Waals surface area (Å²) in [5.74, 6) is 0.906. The number of hydrogen-bond donors (Lipinski definition) is 0. The van der Waals surface area contributed by atoms with Crippen LogP contribution in [-0.4, -0.2) is 42.3 Å². The number of benzene rings is 2. The van der Waals surface area contributed by atoms with Gasteiger partial charge in [-0.05, 0) is 78.4 Å². The van der Waals surface area contributed by atoms with E-state index in [9.17, 15) is 9.59 Å². The average molecular weight is 451 g/mol. The number of thioether (sulfide) groups is 1. The number of hydrogen-bond acceptors (Lipinski definition) is 5. The molecule has 2 saturated heterocycles. The summed E-state index contributed by atoms with van der Waals surface area (Å²) < 4.78 is 5.97. The van der Waals surface area contributed by atoms with Gasteiger partial charge in [0.05, 0.1) is 11.4 Å². The van der Waals surface area contributed by atoms with E-state index in [1.54, 1.807) is 6.08 Å². The lowest BCUT2D eigenvalue weighted by Gasteiger charge is -2.17. The Balaban J connectivity index is 1.38. The Kier molecular flexibility index (Phi) is 6.89. The highest BCUT2D eigenvalue weighted by Gasteiger charge is 2.34. The first-order valence-corrected chi connectivity index (χ1v) is 12.1. The van der Waals surface area contributed by atoms with E-state index in [2.05, 4.69) is 43.0 Å². The number of imide groups is 1. The third kappa shape index (κ3) is 5.01. The van der Waals surface area contributed by atoms with Crippen molar-refractivity contribution >= 4 is 34.7 Å². The zero-order valence-electron chi connectivity index (χ0n) is 19.0. The summed E-state index contributed by atoms with van der Waals surface area (Å²) in [4.78, 5) is 29.4. The zero-order valence-corrected chi connectivity index (χ0v) is 19.8. The smallest absolute Gasteiger partial charge is 0.293 e. The van der Waals surface area contributed by atoms with Gasteiger partial charge < -0.3 is 9.64 Å². The first kappa shape index (κ1) is 22.5. The number of aryl methyl sites for hydroxylation is 1. The summed E-state index contributed by atoms with van der Waals surface area (Å²) in [5.41, 5.74) is 4.38. The van der Waals surface area contributed by atoms with Crippen LogP contribution in [0.15, 0.2) is 47.4 Å². The van der Waals surface area contributed by atoms with Crippen LogP contribution < -0.4 is 9.64 Å². The van der Waals surface area contributed by atoms with Crippen molar-refractivity contribution < 1.29 is 14.3 Å². The van der Waals surface area contributed by atoms with E-state index < -0.39 is 0 Å². The number of rotatable bonds is 7. The van der Waals surface area contributed by atoms with Crippen molar-refractivity contribution in [2.75, 3.05) is 31.1 Å². The van der Waals surface area contributed by atoms with Crippen molar-refractivity contribution in [3.8, 4) is 5.75 Å². The van der Waals surface area contributed by atoms with Gasteiger partial charge in [-0.15, -0.1) is 0 Å². The van der Waals surface area contributed by atoms with Crippen LogP contribution in [0.4, 0.5) is 10.5 Å². The summed E-state index contributed by atoms with van der Waals surface area (Å²) in [6.45, 7) is 8.98.